The highest BCUT2D eigenvalue weighted by molar-refractivity contribution is 7.92. The summed E-state index contributed by atoms with van der Waals surface area (Å²) in [4.78, 5) is 14.8. The van der Waals surface area contributed by atoms with Crippen LogP contribution in [0.5, 0.6) is 5.75 Å². The molecule has 3 aromatic rings. The third-order valence-corrected chi connectivity index (χ3v) is 7.20. The number of methoxy groups -OCH3 is 1. The van der Waals surface area contributed by atoms with Crippen molar-refractivity contribution < 1.29 is 17.9 Å². The average Bonchev–Trinajstić information content (AvgIpc) is 2.80. The first-order valence-electron chi connectivity index (χ1n) is 10.2. The van der Waals surface area contributed by atoms with Gasteiger partial charge in [0.05, 0.1) is 17.7 Å². The molecule has 0 saturated heterocycles. The van der Waals surface area contributed by atoms with Gasteiger partial charge in [-0.3, -0.25) is 9.10 Å². The minimum atomic E-state index is -3.94. The van der Waals surface area contributed by atoms with Gasteiger partial charge in [-0.25, -0.2) is 8.42 Å². The minimum absolute atomic E-state index is 0.137. The fraction of sp³-hybridized carbons (Fsp3) is 0.240. The molecule has 0 spiro atoms. The highest BCUT2D eigenvalue weighted by Gasteiger charge is 2.28. The number of carbonyl (C=O) groups excluding carboxylic acids is 1. The molecule has 0 aromatic heterocycles. The van der Waals surface area contributed by atoms with Crippen molar-refractivity contribution >= 4 is 21.6 Å². The zero-order valence-corrected chi connectivity index (χ0v) is 19.6. The quantitative estimate of drug-likeness (QED) is 0.515. The Kier molecular flexibility index (Phi) is 7.20. The van der Waals surface area contributed by atoms with Gasteiger partial charge in [-0.2, -0.15) is 0 Å². The summed E-state index contributed by atoms with van der Waals surface area (Å²) in [5.41, 5.74) is 3.29. The largest absolute Gasteiger partial charge is 0.496 e. The summed E-state index contributed by atoms with van der Waals surface area (Å²) in [5, 5.41) is 0. The molecular formula is C25H28N2O4S. The Morgan fingerprint density at radius 3 is 2.22 bits per heavy atom. The number of benzene rings is 3. The van der Waals surface area contributed by atoms with E-state index >= 15 is 0 Å². The lowest BCUT2D eigenvalue weighted by molar-refractivity contribution is -0.128. The Morgan fingerprint density at radius 2 is 1.56 bits per heavy atom. The van der Waals surface area contributed by atoms with E-state index in [9.17, 15) is 13.2 Å². The predicted octanol–water partition coefficient (Wildman–Crippen LogP) is 4.17. The number of amides is 1. The smallest absolute Gasteiger partial charge is 0.264 e. The van der Waals surface area contributed by atoms with Crippen LogP contribution in [0.25, 0.3) is 0 Å². The van der Waals surface area contributed by atoms with Crippen LogP contribution in [-0.4, -0.2) is 39.9 Å². The molecule has 0 unspecified atom stereocenters. The number of ether oxygens (including phenoxy) is 1. The standard InChI is InChI=1S/C25H28N2O4S/c1-19-14-15-22(16-20(19)2)27(32(29,30)23-11-6-5-7-12-23)18-25(28)26(3)17-21-10-8-9-13-24(21)31-4/h5-16H,17-18H2,1-4H3. The van der Waals surface area contributed by atoms with Crippen molar-refractivity contribution in [1.29, 1.82) is 0 Å². The van der Waals surface area contributed by atoms with Crippen molar-refractivity contribution in [2.45, 2.75) is 25.3 Å². The number of likely N-dealkylation sites (N-methyl/N-ethyl adjacent to an activating group) is 1. The summed E-state index contributed by atoms with van der Waals surface area (Å²) >= 11 is 0. The van der Waals surface area contributed by atoms with Gasteiger partial charge in [0.25, 0.3) is 10.0 Å². The van der Waals surface area contributed by atoms with Gasteiger partial charge >= 0.3 is 0 Å². The molecule has 0 aliphatic carbocycles. The van der Waals surface area contributed by atoms with Crippen LogP contribution < -0.4 is 9.04 Å². The Balaban J connectivity index is 1.93. The number of para-hydroxylation sites is 1. The van der Waals surface area contributed by atoms with Crippen molar-refractivity contribution in [2.24, 2.45) is 0 Å². The van der Waals surface area contributed by atoms with Crippen molar-refractivity contribution in [2.75, 3.05) is 25.0 Å². The fourth-order valence-corrected chi connectivity index (χ4v) is 4.76. The summed E-state index contributed by atoms with van der Waals surface area (Å²) in [5.74, 6) is 0.351. The van der Waals surface area contributed by atoms with E-state index in [0.29, 0.717) is 18.0 Å². The number of hydrogen-bond acceptors (Lipinski definition) is 4. The van der Waals surface area contributed by atoms with Crippen LogP contribution in [0, 0.1) is 13.8 Å². The molecule has 0 N–H and O–H groups in total. The molecule has 0 radical (unpaired) electrons. The highest BCUT2D eigenvalue weighted by Crippen LogP contribution is 2.26. The van der Waals surface area contributed by atoms with E-state index in [4.69, 9.17) is 4.74 Å². The van der Waals surface area contributed by atoms with Crippen LogP contribution >= 0.6 is 0 Å². The number of sulfonamides is 1. The molecule has 0 atom stereocenters. The number of anilines is 1. The molecule has 7 heteroatoms. The zero-order chi connectivity index (χ0) is 23.3. The predicted molar refractivity (Wildman–Crippen MR) is 126 cm³/mol. The first-order valence-corrected chi connectivity index (χ1v) is 11.7. The van der Waals surface area contributed by atoms with E-state index in [1.165, 1.54) is 21.3 Å². The maximum atomic E-state index is 13.5. The van der Waals surface area contributed by atoms with E-state index in [2.05, 4.69) is 0 Å². The molecule has 168 valence electrons. The van der Waals surface area contributed by atoms with Crippen LogP contribution in [0.1, 0.15) is 16.7 Å². The van der Waals surface area contributed by atoms with Gasteiger partial charge in [0.1, 0.15) is 12.3 Å². The Bertz CT molecular complexity index is 1190. The van der Waals surface area contributed by atoms with E-state index in [1.54, 1.807) is 44.5 Å². The summed E-state index contributed by atoms with van der Waals surface area (Å²) in [6.07, 6.45) is 0. The summed E-state index contributed by atoms with van der Waals surface area (Å²) < 4.78 is 33.5. The average molecular weight is 453 g/mol. The first kappa shape index (κ1) is 23.3. The molecule has 0 saturated carbocycles. The molecule has 0 fully saturated rings. The van der Waals surface area contributed by atoms with Gasteiger partial charge in [-0.05, 0) is 55.3 Å². The highest BCUT2D eigenvalue weighted by atomic mass is 32.2. The minimum Gasteiger partial charge on any atom is -0.496 e. The molecule has 3 rings (SSSR count). The maximum absolute atomic E-state index is 13.5. The van der Waals surface area contributed by atoms with Gasteiger partial charge in [-0.15, -0.1) is 0 Å². The third kappa shape index (κ3) is 5.11. The van der Waals surface area contributed by atoms with Gasteiger partial charge in [0.15, 0.2) is 0 Å². The van der Waals surface area contributed by atoms with Gasteiger partial charge in [0.2, 0.25) is 5.91 Å². The normalized spacial score (nSPS) is 11.1. The summed E-state index contributed by atoms with van der Waals surface area (Å²) in [6.45, 7) is 3.86. The molecule has 3 aromatic carbocycles. The molecule has 0 aliphatic rings. The van der Waals surface area contributed by atoms with E-state index < -0.39 is 10.0 Å². The molecule has 0 bridgehead atoms. The second-order valence-electron chi connectivity index (χ2n) is 7.65. The molecule has 0 heterocycles. The lowest BCUT2D eigenvalue weighted by Gasteiger charge is -2.27. The summed E-state index contributed by atoms with van der Waals surface area (Å²) in [6, 6.07) is 21.0. The fourth-order valence-electron chi connectivity index (χ4n) is 3.34. The summed E-state index contributed by atoms with van der Waals surface area (Å²) in [7, 11) is -0.704. The lowest BCUT2D eigenvalue weighted by atomic mass is 10.1. The third-order valence-electron chi connectivity index (χ3n) is 5.41. The number of hydrogen-bond donors (Lipinski definition) is 0. The van der Waals surface area contributed by atoms with E-state index in [0.717, 1.165) is 16.7 Å². The van der Waals surface area contributed by atoms with Gasteiger partial charge < -0.3 is 9.64 Å². The molecule has 0 aliphatic heterocycles. The van der Waals surface area contributed by atoms with E-state index in [-0.39, 0.29) is 17.3 Å². The Morgan fingerprint density at radius 1 is 0.906 bits per heavy atom. The number of rotatable bonds is 8. The maximum Gasteiger partial charge on any atom is 0.264 e. The van der Waals surface area contributed by atoms with Crippen molar-refractivity contribution in [3.05, 3.63) is 89.5 Å². The van der Waals surface area contributed by atoms with Crippen LogP contribution in [0.3, 0.4) is 0 Å². The Hall–Kier alpha value is -3.32. The van der Waals surface area contributed by atoms with Crippen LogP contribution in [0.15, 0.2) is 77.7 Å². The lowest BCUT2D eigenvalue weighted by Crippen LogP contribution is -2.41. The topological polar surface area (TPSA) is 66.9 Å². The first-order chi connectivity index (χ1) is 15.2. The number of aryl methyl sites for hydroxylation is 2. The number of nitrogens with zero attached hydrogens (tertiary/aromatic N) is 2. The Labute approximate surface area is 190 Å². The van der Waals surface area contributed by atoms with E-state index in [1.807, 2.05) is 44.2 Å². The van der Waals surface area contributed by atoms with Crippen molar-refractivity contribution in [3.63, 3.8) is 0 Å². The van der Waals surface area contributed by atoms with Crippen LogP contribution in [0.4, 0.5) is 5.69 Å². The molecule has 1 amide bonds. The molecular weight excluding hydrogens is 424 g/mol. The zero-order valence-electron chi connectivity index (χ0n) is 18.8. The second kappa shape index (κ2) is 9.87. The second-order valence-corrected chi connectivity index (χ2v) is 9.52. The number of carbonyl (C=O) groups is 1. The SMILES string of the molecule is COc1ccccc1CN(C)C(=O)CN(c1ccc(C)c(C)c1)S(=O)(=O)c1ccccc1. The van der Waals surface area contributed by atoms with Gasteiger partial charge in [-0.1, -0.05) is 42.5 Å². The van der Waals surface area contributed by atoms with Crippen molar-refractivity contribution in [3.8, 4) is 5.75 Å². The van der Waals surface area contributed by atoms with Crippen LogP contribution in [0.2, 0.25) is 0 Å². The monoisotopic (exact) mass is 452 g/mol. The van der Waals surface area contributed by atoms with Crippen LogP contribution in [-0.2, 0) is 21.4 Å². The molecule has 32 heavy (non-hydrogen) atoms. The van der Waals surface area contributed by atoms with Crippen molar-refractivity contribution in [1.82, 2.24) is 4.90 Å². The molecule has 6 nitrogen and oxygen atoms in total. The van der Waals surface area contributed by atoms with Gasteiger partial charge in [0, 0.05) is 19.2 Å².